The van der Waals surface area contributed by atoms with Crippen molar-refractivity contribution in [1.29, 1.82) is 0 Å². The smallest absolute Gasteiger partial charge is 0.236 e. The van der Waals surface area contributed by atoms with Crippen LogP contribution in [0.1, 0.15) is 22.9 Å². The van der Waals surface area contributed by atoms with Crippen molar-refractivity contribution >= 4 is 5.90 Å². The van der Waals surface area contributed by atoms with Gasteiger partial charge in [-0.3, -0.25) is 0 Å². The Balaban J connectivity index is 1.71. The number of aromatic nitrogens is 1. The van der Waals surface area contributed by atoms with E-state index in [9.17, 15) is 4.39 Å². The van der Waals surface area contributed by atoms with Crippen LogP contribution in [0.5, 0.6) is 0 Å². The zero-order chi connectivity index (χ0) is 12.8. The Morgan fingerprint density at radius 2 is 2.05 bits per heavy atom. The number of nitrogens with zero attached hydrogens (tertiary/aromatic N) is 2. The molecule has 1 aromatic carbocycles. The second kappa shape index (κ2) is 3.88. The van der Waals surface area contributed by atoms with E-state index in [1.807, 2.05) is 12.1 Å². The summed E-state index contributed by atoms with van der Waals surface area (Å²) < 4.78 is 18.7. The average molecular weight is 254 g/mol. The number of pyridine rings is 1. The molecule has 1 aromatic heterocycles. The molecule has 1 aliphatic heterocycles. The van der Waals surface area contributed by atoms with Crippen molar-refractivity contribution in [2.24, 2.45) is 4.99 Å². The van der Waals surface area contributed by atoms with Gasteiger partial charge in [-0.2, -0.15) is 0 Å². The summed E-state index contributed by atoms with van der Waals surface area (Å²) in [7, 11) is 0. The summed E-state index contributed by atoms with van der Waals surface area (Å²) in [6, 6.07) is 11.3. The molecule has 2 aliphatic rings. The molecular formula is C15H11FN2O. The van der Waals surface area contributed by atoms with Crippen LogP contribution in [-0.4, -0.2) is 17.0 Å². The zero-order valence-corrected chi connectivity index (χ0v) is 10.1. The lowest BCUT2D eigenvalue weighted by Crippen LogP contribution is -2.14. The fraction of sp³-hybridized carbons (Fsp3) is 0.200. The number of ether oxygens (including phenoxy) is 1. The summed E-state index contributed by atoms with van der Waals surface area (Å²) in [5.74, 6) is 0.164. The summed E-state index contributed by atoms with van der Waals surface area (Å²) in [6.45, 7) is 0. The standard InChI is InChI=1S/C15H11FN2O/c16-10-5-6-12(17-8-10)15-18-14-11-4-2-1-3-9(11)7-13(14)19-15/h1-6,8,13-14H,7H2/t13-,14+/m0/s1. The van der Waals surface area contributed by atoms with Crippen LogP contribution in [0, 0.1) is 5.82 Å². The fourth-order valence-corrected chi connectivity index (χ4v) is 2.73. The van der Waals surface area contributed by atoms with Gasteiger partial charge in [0.15, 0.2) is 0 Å². The Labute approximate surface area is 109 Å². The van der Waals surface area contributed by atoms with Crippen molar-refractivity contribution < 1.29 is 9.13 Å². The highest BCUT2D eigenvalue weighted by molar-refractivity contribution is 5.93. The minimum Gasteiger partial charge on any atom is -0.470 e. The zero-order valence-electron chi connectivity index (χ0n) is 10.1. The second-order valence-electron chi connectivity index (χ2n) is 4.80. The first kappa shape index (κ1) is 10.7. The molecule has 0 saturated carbocycles. The van der Waals surface area contributed by atoms with E-state index in [4.69, 9.17) is 4.74 Å². The topological polar surface area (TPSA) is 34.5 Å². The number of aliphatic imine (C=N–C) groups is 1. The minimum absolute atomic E-state index is 0.0538. The molecule has 1 aliphatic carbocycles. The summed E-state index contributed by atoms with van der Waals surface area (Å²) in [5.41, 5.74) is 3.12. The molecule has 0 saturated heterocycles. The number of fused-ring (bicyclic) bond motifs is 3. The first-order chi connectivity index (χ1) is 9.31. The van der Waals surface area contributed by atoms with Gasteiger partial charge in [-0.25, -0.2) is 14.4 Å². The van der Waals surface area contributed by atoms with Crippen LogP contribution >= 0.6 is 0 Å². The Morgan fingerprint density at radius 1 is 1.16 bits per heavy atom. The maximum Gasteiger partial charge on any atom is 0.236 e. The summed E-state index contributed by atoms with van der Waals surface area (Å²) in [4.78, 5) is 8.61. The van der Waals surface area contributed by atoms with Crippen LogP contribution in [0.3, 0.4) is 0 Å². The largest absolute Gasteiger partial charge is 0.470 e. The molecule has 0 unspecified atom stereocenters. The van der Waals surface area contributed by atoms with Crippen LogP contribution < -0.4 is 0 Å². The number of halogens is 1. The van der Waals surface area contributed by atoms with Gasteiger partial charge in [0.05, 0.1) is 6.20 Å². The van der Waals surface area contributed by atoms with Crippen LogP contribution in [0.4, 0.5) is 4.39 Å². The van der Waals surface area contributed by atoms with Gasteiger partial charge in [0.25, 0.3) is 0 Å². The Kier molecular flexibility index (Phi) is 2.18. The van der Waals surface area contributed by atoms with Crippen molar-refractivity contribution in [2.45, 2.75) is 18.6 Å². The van der Waals surface area contributed by atoms with Crippen LogP contribution in [0.15, 0.2) is 47.6 Å². The number of rotatable bonds is 1. The first-order valence-corrected chi connectivity index (χ1v) is 6.25. The van der Waals surface area contributed by atoms with Crippen molar-refractivity contribution in [3.05, 3.63) is 65.2 Å². The summed E-state index contributed by atoms with van der Waals surface area (Å²) in [5, 5.41) is 0. The molecule has 0 amide bonds. The van der Waals surface area contributed by atoms with Gasteiger partial charge in [-0.05, 0) is 23.3 Å². The molecule has 2 atom stereocenters. The first-order valence-electron chi connectivity index (χ1n) is 6.25. The van der Waals surface area contributed by atoms with Crippen LogP contribution in [-0.2, 0) is 11.2 Å². The third-order valence-electron chi connectivity index (χ3n) is 3.61. The van der Waals surface area contributed by atoms with Gasteiger partial charge in [0.2, 0.25) is 5.90 Å². The molecule has 0 spiro atoms. The maximum atomic E-state index is 12.9. The summed E-state index contributed by atoms with van der Waals surface area (Å²) in [6.07, 6.45) is 2.11. The predicted octanol–water partition coefficient (Wildman–Crippen LogP) is 2.66. The van der Waals surface area contributed by atoms with Gasteiger partial charge < -0.3 is 4.74 Å². The van der Waals surface area contributed by atoms with Gasteiger partial charge in [-0.15, -0.1) is 0 Å². The molecule has 2 aromatic rings. The molecule has 4 rings (SSSR count). The Bertz CT molecular complexity index is 666. The lowest BCUT2D eigenvalue weighted by molar-refractivity contribution is 0.206. The normalized spacial score (nSPS) is 23.5. The van der Waals surface area contributed by atoms with Crippen LogP contribution in [0.25, 0.3) is 0 Å². The Morgan fingerprint density at radius 3 is 2.89 bits per heavy atom. The third-order valence-corrected chi connectivity index (χ3v) is 3.61. The van der Waals surface area contributed by atoms with Gasteiger partial charge >= 0.3 is 0 Å². The van der Waals surface area contributed by atoms with E-state index >= 15 is 0 Å². The molecule has 2 heterocycles. The van der Waals surface area contributed by atoms with E-state index < -0.39 is 0 Å². The minimum atomic E-state index is -0.354. The van der Waals surface area contributed by atoms with Crippen molar-refractivity contribution in [2.75, 3.05) is 0 Å². The van der Waals surface area contributed by atoms with E-state index in [-0.39, 0.29) is 18.0 Å². The van der Waals surface area contributed by atoms with E-state index in [1.165, 1.54) is 23.4 Å². The number of benzene rings is 1. The predicted molar refractivity (Wildman–Crippen MR) is 68.5 cm³/mol. The fourth-order valence-electron chi connectivity index (χ4n) is 2.73. The van der Waals surface area contributed by atoms with Gasteiger partial charge in [0.1, 0.15) is 23.7 Å². The van der Waals surface area contributed by atoms with Crippen molar-refractivity contribution in [3.8, 4) is 0 Å². The molecule has 19 heavy (non-hydrogen) atoms. The quantitative estimate of drug-likeness (QED) is 0.784. The van der Waals surface area contributed by atoms with E-state index in [0.717, 1.165) is 6.42 Å². The molecule has 0 bridgehead atoms. The molecule has 94 valence electrons. The van der Waals surface area contributed by atoms with Crippen LogP contribution in [0.2, 0.25) is 0 Å². The maximum absolute atomic E-state index is 12.9. The summed E-state index contributed by atoms with van der Waals surface area (Å²) >= 11 is 0. The Hall–Kier alpha value is -2.23. The van der Waals surface area contributed by atoms with Crippen molar-refractivity contribution in [3.63, 3.8) is 0 Å². The average Bonchev–Trinajstić information content (AvgIpc) is 2.97. The van der Waals surface area contributed by atoms with Crippen molar-refractivity contribution in [1.82, 2.24) is 4.98 Å². The SMILES string of the molecule is Fc1ccc(C2=N[C@@H]3c4ccccc4C[C@@H]3O2)nc1. The monoisotopic (exact) mass is 254 g/mol. The van der Waals surface area contributed by atoms with E-state index in [2.05, 4.69) is 22.1 Å². The lowest BCUT2D eigenvalue weighted by atomic mass is 10.1. The number of hydrogen-bond acceptors (Lipinski definition) is 3. The highest BCUT2D eigenvalue weighted by Gasteiger charge is 2.39. The molecule has 0 N–H and O–H groups in total. The molecule has 0 radical (unpaired) electrons. The molecule has 3 nitrogen and oxygen atoms in total. The highest BCUT2D eigenvalue weighted by atomic mass is 19.1. The third kappa shape index (κ3) is 1.63. The molecule has 4 heteroatoms. The van der Waals surface area contributed by atoms with E-state index in [1.54, 1.807) is 6.07 Å². The van der Waals surface area contributed by atoms with E-state index in [0.29, 0.717) is 11.6 Å². The highest BCUT2D eigenvalue weighted by Crippen LogP contribution is 2.40. The molecular weight excluding hydrogens is 243 g/mol. The van der Waals surface area contributed by atoms with Gasteiger partial charge in [-0.1, -0.05) is 24.3 Å². The molecule has 0 fully saturated rings. The number of hydrogen-bond donors (Lipinski definition) is 0. The van der Waals surface area contributed by atoms with Gasteiger partial charge in [0, 0.05) is 6.42 Å². The lowest BCUT2D eigenvalue weighted by Gasteiger charge is -2.08. The second-order valence-corrected chi connectivity index (χ2v) is 4.80.